The Morgan fingerprint density at radius 1 is 1.67 bits per heavy atom. The van der Waals surface area contributed by atoms with Gasteiger partial charge in [0.1, 0.15) is 5.78 Å². The highest BCUT2D eigenvalue weighted by atomic mass is 16.1. The number of Topliss-reactive ketones (excluding diaryl/α,β-unsaturated/α-hetero) is 1. The van der Waals surface area contributed by atoms with Crippen molar-refractivity contribution in [2.24, 2.45) is 11.7 Å². The van der Waals surface area contributed by atoms with Crippen LogP contribution in [-0.4, -0.2) is 11.8 Å². The smallest absolute Gasteiger partial charge is 0.135 e. The molecule has 1 atom stereocenters. The molecule has 1 unspecified atom stereocenters. The van der Waals surface area contributed by atoms with E-state index in [1.54, 1.807) is 0 Å². The largest absolute Gasteiger partial charge is 0.327 e. The monoisotopic (exact) mass is 165 g/mol. The lowest BCUT2D eigenvalue weighted by atomic mass is 10.0. The van der Waals surface area contributed by atoms with Crippen LogP contribution in [0.25, 0.3) is 0 Å². The van der Waals surface area contributed by atoms with Gasteiger partial charge in [0.2, 0.25) is 0 Å². The molecule has 1 fully saturated rings. The number of carbonyl (C=O) groups is 1. The molecule has 0 aromatic heterocycles. The molecule has 0 aromatic rings. The summed E-state index contributed by atoms with van der Waals surface area (Å²) < 4.78 is 0. The predicted octanol–water partition coefficient (Wildman–Crippen LogP) is 1.10. The maximum absolute atomic E-state index is 11.2. The van der Waals surface area contributed by atoms with Gasteiger partial charge in [0.25, 0.3) is 0 Å². The van der Waals surface area contributed by atoms with Crippen LogP contribution in [0.15, 0.2) is 0 Å². The first-order chi connectivity index (χ1) is 5.74. The summed E-state index contributed by atoms with van der Waals surface area (Å²) >= 11 is 0. The van der Waals surface area contributed by atoms with Gasteiger partial charge < -0.3 is 5.73 Å². The summed E-state index contributed by atoms with van der Waals surface area (Å²) in [6.07, 6.45) is 9.01. The van der Waals surface area contributed by atoms with Gasteiger partial charge in [-0.25, -0.2) is 0 Å². The summed E-state index contributed by atoms with van der Waals surface area (Å²) in [6.45, 7) is 0. The molecule has 2 N–H and O–H groups in total. The van der Waals surface area contributed by atoms with Gasteiger partial charge in [-0.15, -0.1) is 12.3 Å². The molecule has 0 saturated heterocycles. The van der Waals surface area contributed by atoms with Crippen LogP contribution in [0.5, 0.6) is 0 Å². The molecule has 1 aliphatic carbocycles. The van der Waals surface area contributed by atoms with Gasteiger partial charge in [0, 0.05) is 25.3 Å². The van der Waals surface area contributed by atoms with E-state index in [9.17, 15) is 4.79 Å². The SMILES string of the molecule is C#CCCC(=O)CC(N)C1CC1. The van der Waals surface area contributed by atoms with Gasteiger partial charge >= 0.3 is 0 Å². The summed E-state index contributed by atoms with van der Waals surface area (Å²) in [4.78, 5) is 11.2. The van der Waals surface area contributed by atoms with Crippen molar-refractivity contribution in [2.45, 2.75) is 38.1 Å². The Morgan fingerprint density at radius 2 is 2.33 bits per heavy atom. The van der Waals surface area contributed by atoms with E-state index >= 15 is 0 Å². The van der Waals surface area contributed by atoms with Gasteiger partial charge in [0.15, 0.2) is 0 Å². The van der Waals surface area contributed by atoms with Crippen LogP contribution in [0.4, 0.5) is 0 Å². The maximum Gasteiger partial charge on any atom is 0.135 e. The third-order valence-corrected chi connectivity index (χ3v) is 2.24. The van der Waals surface area contributed by atoms with Crippen molar-refractivity contribution in [1.82, 2.24) is 0 Å². The first kappa shape index (κ1) is 9.28. The summed E-state index contributed by atoms with van der Waals surface area (Å²) in [5.74, 6) is 3.28. The highest BCUT2D eigenvalue weighted by Crippen LogP contribution is 2.32. The van der Waals surface area contributed by atoms with Crippen LogP contribution in [-0.2, 0) is 4.79 Å². The number of ketones is 1. The number of hydrogen-bond donors (Lipinski definition) is 1. The highest BCUT2D eigenvalue weighted by molar-refractivity contribution is 5.79. The van der Waals surface area contributed by atoms with Crippen molar-refractivity contribution in [3.05, 3.63) is 0 Å². The third kappa shape index (κ3) is 3.06. The van der Waals surface area contributed by atoms with E-state index in [1.165, 1.54) is 12.8 Å². The van der Waals surface area contributed by atoms with Crippen molar-refractivity contribution in [2.75, 3.05) is 0 Å². The minimum absolute atomic E-state index is 0.0928. The molecule has 1 aliphatic rings. The molecule has 1 saturated carbocycles. The maximum atomic E-state index is 11.2. The molecule has 0 bridgehead atoms. The van der Waals surface area contributed by atoms with Gasteiger partial charge in [0.05, 0.1) is 0 Å². The van der Waals surface area contributed by atoms with Crippen molar-refractivity contribution < 1.29 is 4.79 Å². The second kappa shape index (κ2) is 4.27. The second-order valence-electron chi connectivity index (χ2n) is 3.45. The second-order valence-corrected chi connectivity index (χ2v) is 3.45. The predicted molar refractivity (Wildman–Crippen MR) is 48.4 cm³/mol. The minimum atomic E-state index is 0.0928. The van der Waals surface area contributed by atoms with Gasteiger partial charge in [-0.05, 0) is 18.8 Å². The van der Waals surface area contributed by atoms with Gasteiger partial charge in [-0.3, -0.25) is 4.79 Å². The summed E-state index contributed by atoms with van der Waals surface area (Å²) in [7, 11) is 0. The zero-order valence-electron chi connectivity index (χ0n) is 7.25. The molecule has 2 nitrogen and oxygen atoms in total. The number of terminal acetylenes is 1. The fourth-order valence-electron chi connectivity index (χ4n) is 1.27. The quantitative estimate of drug-likeness (QED) is 0.620. The fraction of sp³-hybridized carbons (Fsp3) is 0.700. The van der Waals surface area contributed by atoms with E-state index < -0.39 is 0 Å². The van der Waals surface area contributed by atoms with E-state index in [0.29, 0.717) is 25.2 Å². The summed E-state index contributed by atoms with van der Waals surface area (Å²) in [5.41, 5.74) is 5.78. The fourth-order valence-corrected chi connectivity index (χ4v) is 1.27. The average Bonchev–Trinajstić information content (AvgIpc) is 2.82. The lowest BCUT2D eigenvalue weighted by Crippen LogP contribution is -2.25. The molecule has 12 heavy (non-hydrogen) atoms. The van der Waals surface area contributed by atoms with Crippen LogP contribution in [0.1, 0.15) is 32.1 Å². The van der Waals surface area contributed by atoms with Crippen molar-refractivity contribution in [3.8, 4) is 12.3 Å². The van der Waals surface area contributed by atoms with Gasteiger partial charge in [-0.2, -0.15) is 0 Å². The van der Waals surface area contributed by atoms with E-state index in [1.807, 2.05) is 0 Å². The van der Waals surface area contributed by atoms with Crippen LogP contribution >= 0.6 is 0 Å². The lowest BCUT2D eigenvalue weighted by molar-refractivity contribution is -0.119. The van der Waals surface area contributed by atoms with Crippen molar-refractivity contribution in [3.63, 3.8) is 0 Å². The molecular weight excluding hydrogens is 150 g/mol. The Hall–Kier alpha value is -0.810. The Morgan fingerprint density at radius 3 is 2.83 bits per heavy atom. The molecule has 0 amide bonds. The Labute approximate surface area is 73.5 Å². The molecule has 0 heterocycles. The Kier molecular flexibility index (Phi) is 3.31. The van der Waals surface area contributed by atoms with Crippen molar-refractivity contribution >= 4 is 5.78 Å². The Balaban J connectivity index is 2.12. The number of carbonyl (C=O) groups excluding carboxylic acids is 1. The molecule has 2 heteroatoms. The Bertz CT molecular complexity index is 200. The van der Waals surface area contributed by atoms with Crippen LogP contribution in [0, 0.1) is 18.3 Å². The van der Waals surface area contributed by atoms with Crippen LogP contribution in [0.2, 0.25) is 0 Å². The standard InChI is InChI=1S/C10H15NO/c1-2-3-4-9(12)7-10(11)8-5-6-8/h1,8,10H,3-7,11H2. The van der Waals surface area contributed by atoms with Crippen LogP contribution in [0.3, 0.4) is 0 Å². The first-order valence-corrected chi connectivity index (χ1v) is 4.44. The zero-order chi connectivity index (χ0) is 8.97. The van der Waals surface area contributed by atoms with Gasteiger partial charge in [-0.1, -0.05) is 0 Å². The molecule has 0 aliphatic heterocycles. The topological polar surface area (TPSA) is 43.1 Å². The lowest BCUT2D eigenvalue weighted by Gasteiger charge is -2.07. The molecular formula is C10H15NO. The minimum Gasteiger partial charge on any atom is -0.327 e. The van der Waals surface area contributed by atoms with E-state index in [0.717, 1.165) is 0 Å². The van der Waals surface area contributed by atoms with Crippen molar-refractivity contribution in [1.29, 1.82) is 0 Å². The molecule has 1 rings (SSSR count). The summed E-state index contributed by atoms with van der Waals surface area (Å²) in [5, 5.41) is 0. The summed E-state index contributed by atoms with van der Waals surface area (Å²) in [6, 6.07) is 0.0928. The molecule has 0 aromatic carbocycles. The molecule has 0 spiro atoms. The van der Waals surface area contributed by atoms with Crippen LogP contribution < -0.4 is 5.73 Å². The van der Waals surface area contributed by atoms with E-state index in [-0.39, 0.29) is 11.8 Å². The number of nitrogens with two attached hydrogens (primary N) is 1. The zero-order valence-corrected chi connectivity index (χ0v) is 7.25. The first-order valence-electron chi connectivity index (χ1n) is 4.44. The van der Waals surface area contributed by atoms with E-state index in [4.69, 9.17) is 12.2 Å². The number of rotatable bonds is 5. The van der Waals surface area contributed by atoms with E-state index in [2.05, 4.69) is 5.92 Å². The molecule has 66 valence electrons. The highest BCUT2D eigenvalue weighted by Gasteiger charge is 2.29. The average molecular weight is 165 g/mol. The molecule has 0 radical (unpaired) electrons. The third-order valence-electron chi connectivity index (χ3n) is 2.24. The number of hydrogen-bond acceptors (Lipinski definition) is 2. The normalized spacial score (nSPS) is 18.3.